The van der Waals surface area contributed by atoms with Crippen molar-refractivity contribution in [3.05, 3.63) is 33.1 Å². The van der Waals surface area contributed by atoms with Crippen molar-refractivity contribution in [2.24, 2.45) is 0 Å². The highest BCUT2D eigenvalue weighted by Crippen LogP contribution is 2.15. The summed E-state index contributed by atoms with van der Waals surface area (Å²) in [5.74, 6) is -0.280. The number of ether oxygens (including phenoxy) is 1. The maximum Gasteiger partial charge on any atom is 0.328 e. The molecule has 104 valence electrons. The van der Waals surface area contributed by atoms with Gasteiger partial charge >= 0.3 is 5.69 Å². The number of nitrogens with one attached hydrogen (secondary N) is 2. The number of amides is 1. The summed E-state index contributed by atoms with van der Waals surface area (Å²) in [4.78, 5) is 36.2. The minimum absolute atomic E-state index is 0.0382. The number of H-pyrrole nitrogens is 1. The van der Waals surface area contributed by atoms with Gasteiger partial charge in [-0.3, -0.25) is 19.1 Å². The molecule has 0 saturated carbocycles. The van der Waals surface area contributed by atoms with Gasteiger partial charge in [-0.15, -0.1) is 0 Å². The van der Waals surface area contributed by atoms with Crippen molar-refractivity contribution < 1.29 is 9.53 Å². The van der Waals surface area contributed by atoms with E-state index in [1.165, 1.54) is 12.3 Å². The Hall–Kier alpha value is -1.89. The van der Waals surface area contributed by atoms with Gasteiger partial charge in [-0.2, -0.15) is 0 Å². The molecule has 0 aliphatic carbocycles. The van der Waals surface area contributed by atoms with Crippen LogP contribution in [0.25, 0.3) is 0 Å². The Morgan fingerprint density at radius 2 is 2.42 bits per heavy atom. The third-order valence-electron chi connectivity index (χ3n) is 3.12. The zero-order valence-corrected chi connectivity index (χ0v) is 10.7. The quantitative estimate of drug-likeness (QED) is 0.748. The van der Waals surface area contributed by atoms with Crippen LogP contribution in [0.2, 0.25) is 0 Å². The average Bonchev–Trinajstić information content (AvgIpc) is 2.86. The SMILES string of the molecule is C[C@H](NC(=O)Cn1ccc(=O)[nH]c1=O)[C@@H]1CCCO1. The summed E-state index contributed by atoms with van der Waals surface area (Å²) >= 11 is 0. The molecule has 1 amide bonds. The maximum absolute atomic E-state index is 11.8. The number of nitrogens with zero attached hydrogens (tertiary/aromatic N) is 1. The van der Waals surface area contributed by atoms with E-state index in [-0.39, 0.29) is 24.6 Å². The second-order valence-corrected chi connectivity index (χ2v) is 4.65. The molecule has 1 aromatic rings. The second-order valence-electron chi connectivity index (χ2n) is 4.65. The smallest absolute Gasteiger partial charge is 0.328 e. The standard InChI is InChI=1S/C12H17N3O4/c1-8(9-3-2-6-19-9)13-11(17)7-15-5-4-10(16)14-12(15)18/h4-5,8-9H,2-3,6-7H2,1H3,(H,13,17)(H,14,16,18)/t8-,9-/m0/s1. The summed E-state index contributed by atoms with van der Waals surface area (Å²) in [6.45, 7) is 2.49. The molecule has 0 bridgehead atoms. The molecule has 1 saturated heterocycles. The number of carbonyl (C=O) groups excluding carboxylic acids is 1. The van der Waals surface area contributed by atoms with E-state index >= 15 is 0 Å². The highest BCUT2D eigenvalue weighted by Gasteiger charge is 2.23. The lowest BCUT2D eigenvalue weighted by molar-refractivity contribution is -0.123. The first-order chi connectivity index (χ1) is 9.06. The summed E-state index contributed by atoms with van der Waals surface area (Å²) in [5, 5.41) is 2.80. The second kappa shape index (κ2) is 5.83. The molecule has 2 heterocycles. The Morgan fingerprint density at radius 1 is 1.63 bits per heavy atom. The molecule has 0 radical (unpaired) electrons. The van der Waals surface area contributed by atoms with Gasteiger partial charge in [0.05, 0.1) is 12.1 Å². The zero-order chi connectivity index (χ0) is 13.8. The molecule has 2 N–H and O–H groups in total. The van der Waals surface area contributed by atoms with Crippen LogP contribution in [0.4, 0.5) is 0 Å². The van der Waals surface area contributed by atoms with Crippen molar-refractivity contribution in [3.8, 4) is 0 Å². The lowest BCUT2D eigenvalue weighted by Crippen LogP contribution is -2.43. The number of rotatable bonds is 4. The van der Waals surface area contributed by atoms with E-state index in [0.717, 1.165) is 24.0 Å². The van der Waals surface area contributed by atoms with Crippen LogP contribution in [0.1, 0.15) is 19.8 Å². The van der Waals surface area contributed by atoms with E-state index < -0.39 is 11.2 Å². The molecular weight excluding hydrogens is 250 g/mol. The molecule has 2 atom stereocenters. The number of carbonyl (C=O) groups is 1. The highest BCUT2D eigenvalue weighted by atomic mass is 16.5. The van der Waals surface area contributed by atoms with Gasteiger partial charge in [0.1, 0.15) is 6.54 Å². The molecule has 2 rings (SSSR count). The molecule has 0 aromatic carbocycles. The molecule has 1 aliphatic rings. The van der Waals surface area contributed by atoms with Crippen molar-refractivity contribution in [2.45, 2.75) is 38.5 Å². The lowest BCUT2D eigenvalue weighted by Gasteiger charge is -2.20. The van der Waals surface area contributed by atoms with E-state index in [1.807, 2.05) is 6.92 Å². The summed E-state index contributed by atoms with van der Waals surface area (Å²) in [5.41, 5.74) is -1.07. The molecule has 7 nitrogen and oxygen atoms in total. The number of aromatic amines is 1. The summed E-state index contributed by atoms with van der Waals surface area (Å²) < 4.78 is 6.63. The molecule has 1 aromatic heterocycles. The van der Waals surface area contributed by atoms with Crippen LogP contribution in [0.15, 0.2) is 21.9 Å². The van der Waals surface area contributed by atoms with Gasteiger partial charge in [-0.25, -0.2) is 4.79 Å². The Bertz CT molecular complexity index is 557. The first-order valence-electron chi connectivity index (χ1n) is 6.27. The Balaban J connectivity index is 1.93. The maximum atomic E-state index is 11.8. The monoisotopic (exact) mass is 267 g/mol. The van der Waals surface area contributed by atoms with Crippen molar-refractivity contribution in [2.75, 3.05) is 6.61 Å². The molecule has 7 heteroatoms. The van der Waals surface area contributed by atoms with Crippen LogP contribution >= 0.6 is 0 Å². The summed E-state index contributed by atoms with van der Waals surface area (Å²) in [6.07, 6.45) is 3.28. The van der Waals surface area contributed by atoms with Gasteiger partial charge in [-0.05, 0) is 19.8 Å². The van der Waals surface area contributed by atoms with E-state index in [1.54, 1.807) is 0 Å². The predicted molar refractivity (Wildman–Crippen MR) is 67.9 cm³/mol. The van der Waals surface area contributed by atoms with Crippen molar-refractivity contribution in [1.82, 2.24) is 14.9 Å². The number of hydrogen-bond acceptors (Lipinski definition) is 4. The Morgan fingerprint density at radius 3 is 3.05 bits per heavy atom. The Kier molecular flexibility index (Phi) is 4.16. The van der Waals surface area contributed by atoms with Gasteiger partial charge < -0.3 is 10.1 Å². The van der Waals surface area contributed by atoms with Crippen LogP contribution in [0.3, 0.4) is 0 Å². The van der Waals surface area contributed by atoms with Crippen LogP contribution in [-0.2, 0) is 16.1 Å². The van der Waals surface area contributed by atoms with Crippen LogP contribution in [0, 0.1) is 0 Å². The number of hydrogen-bond donors (Lipinski definition) is 2. The molecule has 1 fully saturated rings. The minimum atomic E-state index is -0.590. The minimum Gasteiger partial charge on any atom is -0.376 e. The van der Waals surface area contributed by atoms with E-state index in [4.69, 9.17) is 4.74 Å². The fourth-order valence-corrected chi connectivity index (χ4v) is 2.11. The van der Waals surface area contributed by atoms with Gasteiger partial charge in [0.15, 0.2) is 0 Å². The molecular formula is C12H17N3O4. The highest BCUT2D eigenvalue weighted by molar-refractivity contribution is 5.76. The molecule has 0 spiro atoms. The third kappa shape index (κ3) is 3.54. The fourth-order valence-electron chi connectivity index (χ4n) is 2.11. The van der Waals surface area contributed by atoms with Crippen molar-refractivity contribution in [3.63, 3.8) is 0 Å². The van der Waals surface area contributed by atoms with Gasteiger partial charge in [0, 0.05) is 18.9 Å². The average molecular weight is 267 g/mol. The summed E-state index contributed by atoms with van der Waals surface area (Å²) in [7, 11) is 0. The normalized spacial score (nSPS) is 20.2. The van der Waals surface area contributed by atoms with Crippen LogP contribution in [-0.4, -0.2) is 34.2 Å². The van der Waals surface area contributed by atoms with E-state index in [0.29, 0.717) is 0 Å². The van der Waals surface area contributed by atoms with E-state index in [2.05, 4.69) is 10.3 Å². The molecule has 1 aliphatic heterocycles. The van der Waals surface area contributed by atoms with Crippen molar-refractivity contribution >= 4 is 5.91 Å². The molecule has 0 unspecified atom stereocenters. The first-order valence-corrected chi connectivity index (χ1v) is 6.27. The largest absolute Gasteiger partial charge is 0.376 e. The lowest BCUT2D eigenvalue weighted by atomic mass is 10.1. The summed E-state index contributed by atoms with van der Waals surface area (Å²) in [6, 6.07) is 1.12. The van der Waals surface area contributed by atoms with Gasteiger partial charge in [0.25, 0.3) is 5.56 Å². The van der Waals surface area contributed by atoms with Crippen LogP contribution < -0.4 is 16.6 Å². The predicted octanol–water partition coefficient (Wildman–Crippen LogP) is -0.780. The van der Waals surface area contributed by atoms with Crippen molar-refractivity contribution in [1.29, 1.82) is 0 Å². The Labute approximate surface area is 109 Å². The topological polar surface area (TPSA) is 93.2 Å². The van der Waals surface area contributed by atoms with Gasteiger partial charge in [0.2, 0.25) is 5.91 Å². The third-order valence-corrected chi connectivity index (χ3v) is 3.12. The fraction of sp³-hybridized carbons (Fsp3) is 0.583. The first kappa shape index (κ1) is 13.5. The zero-order valence-electron chi connectivity index (χ0n) is 10.7. The van der Waals surface area contributed by atoms with Gasteiger partial charge in [-0.1, -0.05) is 0 Å². The van der Waals surface area contributed by atoms with E-state index in [9.17, 15) is 14.4 Å². The van der Waals surface area contributed by atoms with Crippen LogP contribution in [0.5, 0.6) is 0 Å². The number of aromatic nitrogens is 2. The molecule has 19 heavy (non-hydrogen) atoms.